The molecule has 2 heterocycles. The van der Waals surface area contributed by atoms with Gasteiger partial charge in [-0.2, -0.15) is 0 Å². The van der Waals surface area contributed by atoms with Crippen molar-refractivity contribution in [3.63, 3.8) is 0 Å². The van der Waals surface area contributed by atoms with E-state index in [0.717, 1.165) is 43.8 Å². The zero-order valence-corrected chi connectivity index (χ0v) is 13.2. The van der Waals surface area contributed by atoms with E-state index in [4.69, 9.17) is 0 Å². The van der Waals surface area contributed by atoms with Gasteiger partial charge in [0, 0.05) is 24.0 Å². The van der Waals surface area contributed by atoms with Crippen molar-refractivity contribution in [1.82, 2.24) is 10.2 Å². The van der Waals surface area contributed by atoms with E-state index in [9.17, 15) is 14.9 Å². The van der Waals surface area contributed by atoms with Crippen molar-refractivity contribution >= 4 is 22.2 Å². The molecule has 1 fully saturated rings. The lowest BCUT2D eigenvalue weighted by Crippen LogP contribution is -2.42. The van der Waals surface area contributed by atoms with Gasteiger partial charge in [-0.1, -0.05) is 11.3 Å². The summed E-state index contributed by atoms with van der Waals surface area (Å²) in [6.45, 7) is 6.69. The minimum atomic E-state index is -0.450. The SMILES string of the molecule is CC(C)N(CC1CCNCC1)C(=O)c1csc([N+](=O)[O-])c1. The van der Waals surface area contributed by atoms with E-state index in [2.05, 4.69) is 5.32 Å². The summed E-state index contributed by atoms with van der Waals surface area (Å²) in [6.07, 6.45) is 2.14. The second-order valence-corrected chi connectivity index (χ2v) is 6.57. The van der Waals surface area contributed by atoms with Gasteiger partial charge in [0.15, 0.2) is 0 Å². The number of thiophene rings is 1. The molecular formula is C14H21N3O3S. The minimum Gasteiger partial charge on any atom is -0.336 e. The van der Waals surface area contributed by atoms with Gasteiger partial charge in [0.05, 0.1) is 10.5 Å². The molecule has 0 aliphatic carbocycles. The van der Waals surface area contributed by atoms with Gasteiger partial charge in [-0.3, -0.25) is 14.9 Å². The average Bonchev–Trinajstić information content (AvgIpc) is 2.95. The van der Waals surface area contributed by atoms with Crippen molar-refractivity contribution in [2.45, 2.75) is 32.7 Å². The third-order valence-electron chi connectivity index (χ3n) is 3.81. The van der Waals surface area contributed by atoms with Crippen LogP contribution in [0.3, 0.4) is 0 Å². The van der Waals surface area contributed by atoms with Crippen LogP contribution in [0.1, 0.15) is 37.0 Å². The summed E-state index contributed by atoms with van der Waals surface area (Å²) in [5.74, 6) is 0.402. The fourth-order valence-corrected chi connectivity index (χ4v) is 3.27. The third-order valence-corrected chi connectivity index (χ3v) is 4.69. The molecule has 1 amide bonds. The molecule has 1 aliphatic heterocycles. The topological polar surface area (TPSA) is 75.5 Å². The molecule has 116 valence electrons. The van der Waals surface area contributed by atoms with Crippen molar-refractivity contribution in [2.24, 2.45) is 5.92 Å². The summed E-state index contributed by atoms with van der Waals surface area (Å²) in [6, 6.07) is 1.47. The molecule has 2 rings (SSSR count). The van der Waals surface area contributed by atoms with E-state index in [1.165, 1.54) is 6.07 Å². The fraction of sp³-hybridized carbons (Fsp3) is 0.643. The van der Waals surface area contributed by atoms with Crippen LogP contribution >= 0.6 is 11.3 Å². The monoisotopic (exact) mass is 311 g/mol. The number of nitro groups is 1. The molecule has 0 atom stereocenters. The van der Waals surface area contributed by atoms with Crippen LogP contribution in [0.5, 0.6) is 0 Å². The summed E-state index contributed by atoms with van der Waals surface area (Å²) >= 11 is 1.00. The van der Waals surface area contributed by atoms with Crippen molar-refractivity contribution in [1.29, 1.82) is 0 Å². The van der Waals surface area contributed by atoms with Crippen LogP contribution in [0, 0.1) is 16.0 Å². The normalized spacial score (nSPS) is 16.1. The maximum atomic E-state index is 12.6. The first kappa shape index (κ1) is 15.9. The zero-order valence-electron chi connectivity index (χ0n) is 12.4. The first-order valence-corrected chi connectivity index (χ1v) is 8.11. The number of carbonyl (C=O) groups is 1. The number of hydrogen-bond acceptors (Lipinski definition) is 5. The Morgan fingerprint density at radius 3 is 2.71 bits per heavy atom. The number of piperidine rings is 1. The predicted molar refractivity (Wildman–Crippen MR) is 82.7 cm³/mol. The molecule has 0 bridgehead atoms. The van der Waals surface area contributed by atoms with E-state index in [-0.39, 0.29) is 17.0 Å². The first-order chi connectivity index (χ1) is 9.99. The number of hydrogen-bond donors (Lipinski definition) is 1. The number of rotatable bonds is 5. The van der Waals surface area contributed by atoms with E-state index in [1.807, 2.05) is 18.7 Å². The Balaban J connectivity index is 2.08. The maximum absolute atomic E-state index is 12.6. The van der Waals surface area contributed by atoms with Crippen LogP contribution in [0.25, 0.3) is 0 Å². The van der Waals surface area contributed by atoms with Gasteiger partial charge >= 0.3 is 5.00 Å². The summed E-state index contributed by atoms with van der Waals surface area (Å²) in [5, 5.41) is 15.7. The summed E-state index contributed by atoms with van der Waals surface area (Å²) in [5.41, 5.74) is 0.425. The Hall–Kier alpha value is -1.47. The molecule has 1 aromatic rings. The van der Waals surface area contributed by atoms with Gasteiger partial charge < -0.3 is 10.2 Å². The van der Waals surface area contributed by atoms with Gasteiger partial charge in [0.1, 0.15) is 0 Å². The highest BCUT2D eigenvalue weighted by Gasteiger charge is 2.25. The molecule has 0 unspecified atom stereocenters. The molecular weight excluding hydrogens is 290 g/mol. The van der Waals surface area contributed by atoms with Crippen LogP contribution < -0.4 is 5.32 Å². The standard InChI is InChI=1S/C14H21N3O3S/c1-10(2)16(8-11-3-5-15-6-4-11)14(18)12-7-13(17(19)20)21-9-12/h7,9-11,15H,3-6,8H2,1-2H3. The molecule has 6 nitrogen and oxygen atoms in total. The van der Waals surface area contributed by atoms with E-state index >= 15 is 0 Å². The molecule has 1 N–H and O–H groups in total. The van der Waals surface area contributed by atoms with Gasteiger partial charge in [-0.05, 0) is 45.7 Å². The fourth-order valence-electron chi connectivity index (χ4n) is 2.57. The maximum Gasteiger partial charge on any atom is 0.324 e. The number of carbonyl (C=O) groups excluding carboxylic acids is 1. The lowest BCUT2D eigenvalue weighted by molar-refractivity contribution is -0.380. The van der Waals surface area contributed by atoms with Gasteiger partial charge in [-0.25, -0.2) is 0 Å². The van der Waals surface area contributed by atoms with Gasteiger partial charge in [0.2, 0.25) is 0 Å². The van der Waals surface area contributed by atoms with Crippen LogP contribution in [0.4, 0.5) is 5.00 Å². The second-order valence-electron chi connectivity index (χ2n) is 5.68. The summed E-state index contributed by atoms with van der Waals surface area (Å²) in [4.78, 5) is 24.7. The molecule has 1 saturated heterocycles. The zero-order chi connectivity index (χ0) is 15.4. The largest absolute Gasteiger partial charge is 0.336 e. The van der Waals surface area contributed by atoms with Crippen LogP contribution in [-0.4, -0.2) is 41.4 Å². The number of nitrogens with zero attached hydrogens (tertiary/aromatic N) is 2. The van der Waals surface area contributed by atoms with Crippen LogP contribution in [0.2, 0.25) is 0 Å². The van der Waals surface area contributed by atoms with Crippen molar-refractivity contribution < 1.29 is 9.72 Å². The van der Waals surface area contributed by atoms with Crippen molar-refractivity contribution in [2.75, 3.05) is 19.6 Å². The number of nitrogens with one attached hydrogen (secondary N) is 1. The summed E-state index contributed by atoms with van der Waals surface area (Å²) < 4.78 is 0. The van der Waals surface area contributed by atoms with E-state index in [1.54, 1.807) is 5.38 Å². The lowest BCUT2D eigenvalue weighted by Gasteiger charge is -2.32. The van der Waals surface area contributed by atoms with Crippen molar-refractivity contribution in [3.05, 3.63) is 27.1 Å². The number of amides is 1. The van der Waals surface area contributed by atoms with E-state index in [0.29, 0.717) is 11.5 Å². The molecule has 7 heteroatoms. The molecule has 0 aromatic carbocycles. The highest BCUT2D eigenvalue weighted by molar-refractivity contribution is 7.13. The quantitative estimate of drug-likeness (QED) is 0.669. The predicted octanol–water partition coefficient (Wildman–Crippen LogP) is 2.51. The highest BCUT2D eigenvalue weighted by Crippen LogP contribution is 2.25. The van der Waals surface area contributed by atoms with Crippen molar-refractivity contribution in [3.8, 4) is 0 Å². The molecule has 0 saturated carbocycles. The molecule has 1 aliphatic rings. The Kier molecular flexibility index (Phi) is 5.30. The Bertz CT molecular complexity index is 509. The summed E-state index contributed by atoms with van der Waals surface area (Å²) in [7, 11) is 0. The Morgan fingerprint density at radius 2 is 2.19 bits per heavy atom. The lowest BCUT2D eigenvalue weighted by atomic mass is 9.97. The first-order valence-electron chi connectivity index (χ1n) is 7.23. The van der Waals surface area contributed by atoms with Gasteiger partial charge in [-0.15, -0.1) is 0 Å². The highest BCUT2D eigenvalue weighted by atomic mass is 32.1. The third kappa shape index (κ3) is 4.01. The van der Waals surface area contributed by atoms with Crippen LogP contribution in [-0.2, 0) is 0 Å². The molecule has 21 heavy (non-hydrogen) atoms. The molecule has 0 spiro atoms. The van der Waals surface area contributed by atoms with E-state index < -0.39 is 4.92 Å². The van der Waals surface area contributed by atoms with Gasteiger partial charge in [0.25, 0.3) is 5.91 Å². The molecule has 0 radical (unpaired) electrons. The smallest absolute Gasteiger partial charge is 0.324 e. The minimum absolute atomic E-state index is 0.0175. The Morgan fingerprint density at radius 1 is 1.52 bits per heavy atom. The average molecular weight is 311 g/mol. The Labute approximate surface area is 128 Å². The van der Waals surface area contributed by atoms with Crippen LogP contribution in [0.15, 0.2) is 11.4 Å². The second kappa shape index (κ2) is 7.00. The molecule has 1 aromatic heterocycles.